The summed E-state index contributed by atoms with van der Waals surface area (Å²) in [4.78, 5) is 2.46. The van der Waals surface area contributed by atoms with Gasteiger partial charge in [0.25, 0.3) is 0 Å². The number of hydrogen-bond donors (Lipinski definition) is 0. The first-order valence-corrected chi connectivity index (χ1v) is 8.34. The number of piperidine rings is 1. The molecule has 0 unspecified atom stereocenters. The predicted molar refractivity (Wildman–Crippen MR) is 83.9 cm³/mol. The van der Waals surface area contributed by atoms with Crippen LogP contribution in [0.1, 0.15) is 38.2 Å². The lowest BCUT2D eigenvalue weighted by Gasteiger charge is -2.35. The van der Waals surface area contributed by atoms with Crippen LogP contribution in [0.25, 0.3) is 0 Å². The van der Waals surface area contributed by atoms with Crippen LogP contribution in [0.5, 0.6) is 0 Å². The molecule has 0 aromatic heterocycles. The van der Waals surface area contributed by atoms with Gasteiger partial charge in [0.2, 0.25) is 0 Å². The molecule has 1 saturated heterocycles. The molecule has 1 aromatic rings. The number of halogens is 2. The highest BCUT2D eigenvalue weighted by Gasteiger charge is 2.21. The molecule has 18 heavy (non-hydrogen) atoms. The van der Waals surface area contributed by atoms with Gasteiger partial charge in [-0.1, -0.05) is 59.4 Å². The van der Waals surface area contributed by atoms with Gasteiger partial charge in [0.15, 0.2) is 0 Å². The Bertz CT molecular complexity index is 386. The number of anilines is 1. The van der Waals surface area contributed by atoms with Gasteiger partial charge in [-0.05, 0) is 30.4 Å². The Labute approximate surface area is 124 Å². The second-order valence-corrected chi connectivity index (χ2v) is 6.07. The van der Waals surface area contributed by atoms with E-state index in [1.807, 2.05) is 12.1 Å². The van der Waals surface area contributed by atoms with Crippen LogP contribution >= 0.6 is 27.5 Å². The Kier molecular flexibility index (Phi) is 5.38. The fourth-order valence-electron chi connectivity index (χ4n) is 2.88. The van der Waals surface area contributed by atoms with Gasteiger partial charge in [0, 0.05) is 18.4 Å². The highest BCUT2D eigenvalue weighted by molar-refractivity contribution is 9.08. The molecule has 0 spiro atoms. The molecule has 1 heterocycles. The third kappa shape index (κ3) is 3.21. The van der Waals surface area contributed by atoms with Crippen LogP contribution in [0.15, 0.2) is 18.2 Å². The quantitative estimate of drug-likeness (QED) is 0.681. The van der Waals surface area contributed by atoms with E-state index in [2.05, 4.69) is 33.8 Å². The molecule has 0 bridgehead atoms. The number of para-hydroxylation sites is 1. The lowest BCUT2D eigenvalue weighted by atomic mass is 9.92. The van der Waals surface area contributed by atoms with Crippen LogP contribution in [0.3, 0.4) is 0 Å². The van der Waals surface area contributed by atoms with Crippen LogP contribution in [0.2, 0.25) is 5.02 Å². The molecule has 0 aliphatic carbocycles. The third-order valence-electron chi connectivity index (χ3n) is 3.84. The standard InChI is InChI=1S/C15H21BrClN/c1-2-4-12-7-9-18(10-8-12)15-13(11-16)5-3-6-14(15)17/h3,5-6,12H,2,4,7-11H2,1H3. The Hall–Kier alpha value is -0.210. The molecule has 0 saturated carbocycles. The summed E-state index contributed by atoms with van der Waals surface area (Å²) < 4.78 is 0. The maximum absolute atomic E-state index is 6.38. The van der Waals surface area contributed by atoms with Crippen LogP contribution < -0.4 is 4.90 Å². The number of nitrogens with zero attached hydrogens (tertiary/aromatic N) is 1. The van der Waals surface area contributed by atoms with Crippen molar-refractivity contribution in [3.05, 3.63) is 28.8 Å². The molecule has 1 aliphatic rings. The van der Waals surface area contributed by atoms with Crippen LogP contribution in [-0.2, 0) is 5.33 Å². The first kappa shape index (κ1) is 14.2. The van der Waals surface area contributed by atoms with E-state index in [9.17, 15) is 0 Å². The molecule has 1 aliphatic heterocycles. The Balaban J connectivity index is 2.09. The summed E-state index contributed by atoms with van der Waals surface area (Å²) in [6.45, 7) is 4.58. The van der Waals surface area contributed by atoms with Crippen molar-refractivity contribution in [2.75, 3.05) is 18.0 Å². The highest BCUT2D eigenvalue weighted by Crippen LogP contribution is 2.34. The first-order valence-electron chi connectivity index (χ1n) is 6.84. The Morgan fingerprint density at radius 1 is 1.33 bits per heavy atom. The molecule has 2 rings (SSSR count). The molecule has 0 radical (unpaired) electrons. The smallest absolute Gasteiger partial charge is 0.0642 e. The van der Waals surface area contributed by atoms with E-state index in [1.54, 1.807) is 0 Å². The molecule has 100 valence electrons. The van der Waals surface area contributed by atoms with Gasteiger partial charge in [0.05, 0.1) is 10.7 Å². The Morgan fingerprint density at radius 2 is 2.06 bits per heavy atom. The van der Waals surface area contributed by atoms with Crippen molar-refractivity contribution in [3.63, 3.8) is 0 Å². The summed E-state index contributed by atoms with van der Waals surface area (Å²) in [5.41, 5.74) is 2.54. The van der Waals surface area contributed by atoms with E-state index in [0.717, 1.165) is 29.4 Å². The number of benzene rings is 1. The number of rotatable bonds is 4. The zero-order valence-electron chi connectivity index (χ0n) is 11.0. The predicted octanol–water partition coefficient (Wildman–Crippen LogP) is 5.25. The largest absolute Gasteiger partial charge is 0.370 e. The summed E-state index contributed by atoms with van der Waals surface area (Å²) in [5.74, 6) is 0.918. The van der Waals surface area contributed by atoms with Crippen LogP contribution in [0.4, 0.5) is 5.69 Å². The molecular weight excluding hydrogens is 310 g/mol. The van der Waals surface area contributed by atoms with E-state index >= 15 is 0 Å². The van der Waals surface area contributed by atoms with Crippen molar-refractivity contribution >= 4 is 33.2 Å². The molecule has 0 N–H and O–H groups in total. The van der Waals surface area contributed by atoms with Gasteiger partial charge in [0.1, 0.15) is 0 Å². The summed E-state index contributed by atoms with van der Waals surface area (Å²) >= 11 is 9.94. The van der Waals surface area contributed by atoms with Gasteiger partial charge in [-0.3, -0.25) is 0 Å². The fourth-order valence-corrected chi connectivity index (χ4v) is 3.64. The van der Waals surface area contributed by atoms with Gasteiger partial charge >= 0.3 is 0 Å². The molecule has 3 heteroatoms. The van der Waals surface area contributed by atoms with Gasteiger partial charge in [-0.25, -0.2) is 0 Å². The molecular formula is C15H21BrClN. The molecule has 0 amide bonds. The molecule has 0 atom stereocenters. The SMILES string of the molecule is CCCC1CCN(c2c(Cl)cccc2CBr)CC1. The zero-order chi connectivity index (χ0) is 13.0. The van der Waals surface area contributed by atoms with Crippen LogP contribution in [0, 0.1) is 5.92 Å². The summed E-state index contributed by atoms with van der Waals surface area (Å²) in [6, 6.07) is 6.20. The third-order valence-corrected chi connectivity index (χ3v) is 4.75. The normalized spacial score (nSPS) is 17.2. The van der Waals surface area contributed by atoms with Crippen molar-refractivity contribution in [1.29, 1.82) is 0 Å². The molecule has 1 fully saturated rings. The van der Waals surface area contributed by atoms with E-state index < -0.39 is 0 Å². The van der Waals surface area contributed by atoms with E-state index in [0.29, 0.717) is 0 Å². The second kappa shape index (κ2) is 6.81. The lowest BCUT2D eigenvalue weighted by Crippen LogP contribution is -2.34. The topological polar surface area (TPSA) is 3.24 Å². The average molecular weight is 331 g/mol. The summed E-state index contributed by atoms with van der Waals surface area (Å²) in [6.07, 6.45) is 5.30. The van der Waals surface area contributed by atoms with Crippen molar-refractivity contribution in [1.82, 2.24) is 0 Å². The molecule has 1 nitrogen and oxygen atoms in total. The van der Waals surface area contributed by atoms with Crippen LogP contribution in [-0.4, -0.2) is 13.1 Å². The summed E-state index contributed by atoms with van der Waals surface area (Å²) in [7, 11) is 0. The highest BCUT2D eigenvalue weighted by atomic mass is 79.9. The maximum atomic E-state index is 6.38. The van der Waals surface area contributed by atoms with Gasteiger partial charge in [-0.15, -0.1) is 0 Å². The van der Waals surface area contributed by atoms with Crippen molar-refractivity contribution in [2.45, 2.75) is 37.9 Å². The monoisotopic (exact) mass is 329 g/mol. The van der Waals surface area contributed by atoms with E-state index in [4.69, 9.17) is 11.6 Å². The maximum Gasteiger partial charge on any atom is 0.0642 e. The average Bonchev–Trinajstić information content (AvgIpc) is 2.40. The minimum atomic E-state index is 0.873. The summed E-state index contributed by atoms with van der Waals surface area (Å²) in [5, 5.41) is 1.76. The number of hydrogen-bond acceptors (Lipinski definition) is 1. The minimum Gasteiger partial charge on any atom is -0.370 e. The zero-order valence-corrected chi connectivity index (χ0v) is 13.3. The fraction of sp³-hybridized carbons (Fsp3) is 0.600. The Morgan fingerprint density at radius 3 is 2.67 bits per heavy atom. The molecule has 1 aromatic carbocycles. The first-order chi connectivity index (χ1) is 8.76. The number of alkyl halides is 1. The lowest BCUT2D eigenvalue weighted by molar-refractivity contribution is 0.378. The van der Waals surface area contributed by atoms with Crippen molar-refractivity contribution in [3.8, 4) is 0 Å². The van der Waals surface area contributed by atoms with Crippen molar-refractivity contribution < 1.29 is 0 Å². The van der Waals surface area contributed by atoms with Gasteiger partial charge < -0.3 is 4.90 Å². The van der Waals surface area contributed by atoms with Crippen molar-refractivity contribution in [2.24, 2.45) is 5.92 Å². The van der Waals surface area contributed by atoms with E-state index in [-0.39, 0.29) is 0 Å². The minimum absolute atomic E-state index is 0.873. The van der Waals surface area contributed by atoms with E-state index in [1.165, 1.54) is 36.9 Å². The second-order valence-electron chi connectivity index (χ2n) is 5.10. The van der Waals surface area contributed by atoms with Gasteiger partial charge in [-0.2, -0.15) is 0 Å².